The van der Waals surface area contributed by atoms with Gasteiger partial charge in [-0.3, -0.25) is 0 Å². The van der Waals surface area contributed by atoms with E-state index >= 15 is 0 Å². The highest BCUT2D eigenvalue weighted by atomic mass is 35.5. The van der Waals surface area contributed by atoms with Crippen LogP contribution >= 0.6 is 74.4 Å². The van der Waals surface area contributed by atoms with Gasteiger partial charge >= 0.3 is 0 Å². The van der Waals surface area contributed by atoms with Gasteiger partial charge in [0.05, 0.1) is 0 Å². The van der Waals surface area contributed by atoms with E-state index in [4.69, 9.17) is 22.9 Å². The first kappa shape index (κ1) is 47.7. The highest BCUT2D eigenvalue weighted by Gasteiger charge is 2.11. The molecule has 2 rings (SSSR count). The Morgan fingerprint density at radius 1 is 0.553 bits per heavy atom. The van der Waals surface area contributed by atoms with Gasteiger partial charge in [0.1, 0.15) is 0 Å². The fourth-order valence-electron chi connectivity index (χ4n) is 3.88. The third-order valence-corrected chi connectivity index (χ3v) is 5.65. The van der Waals surface area contributed by atoms with E-state index < -0.39 is 0 Å². The van der Waals surface area contributed by atoms with Gasteiger partial charge in [-0.05, 0) is 100 Å². The summed E-state index contributed by atoms with van der Waals surface area (Å²) in [6.07, 6.45) is 5.62. The third-order valence-electron chi connectivity index (χ3n) is 5.65. The molecule has 0 fully saturated rings. The molecule has 0 saturated heterocycles. The molecule has 0 aromatic heterocycles. The molecule has 0 heterocycles. The van der Waals surface area contributed by atoms with Gasteiger partial charge < -0.3 is 33.6 Å². The lowest BCUT2D eigenvalue weighted by molar-refractivity contribution is 0.549. The number of rotatable bonds is 17. The summed E-state index contributed by atoms with van der Waals surface area (Å²) in [6, 6.07) is 17.6. The maximum atomic E-state index is 6.46. The average molecular weight is 659 g/mol. The summed E-state index contributed by atoms with van der Waals surface area (Å²) in [5.74, 6) is 0. The number of nitrogens with one attached hydrogen (secondary N) is 2. The molecule has 2 aromatic rings. The zero-order valence-electron chi connectivity index (χ0n) is 22.0. The number of benzene rings is 2. The molecule has 12 heteroatoms. The van der Waals surface area contributed by atoms with Crippen molar-refractivity contribution < 1.29 is 0 Å². The zero-order chi connectivity index (χ0) is 23.0. The summed E-state index contributed by atoms with van der Waals surface area (Å²) in [4.78, 5) is 0. The first-order valence-electron chi connectivity index (χ1n) is 12.1. The Morgan fingerprint density at radius 2 is 0.974 bits per heavy atom. The van der Waals surface area contributed by atoms with Crippen molar-refractivity contribution in [3.05, 3.63) is 59.7 Å². The second-order valence-electron chi connectivity index (χ2n) is 8.69. The molecule has 1 unspecified atom stereocenters. The molecule has 0 radical (unpaired) electrons. The van der Waals surface area contributed by atoms with Crippen molar-refractivity contribution >= 4 is 74.4 Å². The van der Waals surface area contributed by atoms with Crippen LogP contribution in [0.2, 0.25) is 0 Å². The van der Waals surface area contributed by atoms with Crippen LogP contribution in [0.25, 0.3) is 11.1 Å². The predicted octanol–water partition coefficient (Wildman–Crippen LogP) is 4.28. The van der Waals surface area contributed by atoms with Crippen LogP contribution in [0.5, 0.6) is 0 Å². The molecule has 0 saturated carbocycles. The predicted molar refractivity (Wildman–Crippen MR) is 181 cm³/mol. The van der Waals surface area contributed by atoms with Crippen LogP contribution in [0.3, 0.4) is 0 Å². The largest absolute Gasteiger partial charge is 0.330 e. The maximum Gasteiger partial charge on any atom is 0.00914 e. The summed E-state index contributed by atoms with van der Waals surface area (Å²) in [5, 5.41) is 6.84. The molecule has 10 N–H and O–H groups in total. The number of hydrogen-bond donors (Lipinski definition) is 6. The van der Waals surface area contributed by atoms with E-state index in [1.165, 1.54) is 22.3 Å². The van der Waals surface area contributed by atoms with E-state index in [0.717, 1.165) is 77.8 Å². The van der Waals surface area contributed by atoms with Gasteiger partial charge in [0.25, 0.3) is 0 Å². The Balaban J connectivity index is -0.000000605. The molecule has 2 atom stereocenters. The van der Waals surface area contributed by atoms with E-state index in [9.17, 15) is 0 Å². The summed E-state index contributed by atoms with van der Waals surface area (Å²) in [5.41, 5.74) is 29.0. The quantitative estimate of drug-likeness (QED) is 0.141. The molecule has 6 nitrogen and oxygen atoms in total. The molecule has 0 aliphatic carbocycles. The second kappa shape index (κ2) is 29.9. The van der Waals surface area contributed by atoms with Crippen LogP contribution < -0.4 is 33.6 Å². The Kier molecular flexibility index (Phi) is 37.6. The van der Waals surface area contributed by atoms with E-state index in [1.807, 2.05) is 0 Å². The molecular weight excluding hydrogens is 609 g/mol. The highest BCUT2D eigenvalue weighted by molar-refractivity contribution is 5.86. The first-order chi connectivity index (χ1) is 15.6. The van der Waals surface area contributed by atoms with E-state index in [2.05, 4.69) is 59.2 Å². The molecule has 0 aliphatic heterocycles. The Bertz CT molecular complexity index is 720. The standard InChI is InChI=1S/C26H44N6.6ClH/c27-10-4-12-31-14-8-25(29)19-21-16-22(20-26(30)9-15-32-13-5-11-28)18-24(17-21)23-6-2-1-3-7-23;;;;;;/h1-3,6-7,16-18,25-26,31-32H,4-5,8-15,19-20,27-30H2;6*1H/t25-,26?;;;;;;/m0....../s1. The second-order valence-corrected chi connectivity index (χ2v) is 8.69. The summed E-state index contributed by atoms with van der Waals surface area (Å²) >= 11 is 0. The highest BCUT2D eigenvalue weighted by Crippen LogP contribution is 2.24. The SMILES string of the molecule is Cl.Cl.Cl.Cl.Cl.Cl.NCCCNCCC(N)Cc1cc(C[C@@H](N)CCNCCCN)cc(-c2ccccc2)c1. The number of halogens is 6. The minimum Gasteiger partial charge on any atom is -0.330 e. The summed E-state index contributed by atoms with van der Waals surface area (Å²) in [6.45, 7) is 5.20. The fourth-order valence-corrected chi connectivity index (χ4v) is 3.88. The monoisotopic (exact) mass is 656 g/mol. The van der Waals surface area contributed by atoms with Crippen LogP contribution in [0, 0.1) is 0 Å². The number of hydrogen-bond acceptors (Lipinski definition) is 6. The van der Waals surface area contributed by atoms with Crippen molar-refractivity contribution in [2.75, 3.05) is 39.3 Å². The normalized spacial score (nSPS) is 11.2. The zero-order valence-corrected chi connectivity index (χ0v) is 26.9. The Morgan fingerprint density at radius 3 is 1.37 bits per heavy atom. The third kappa shape index (κ3) is 20.8. The van der Waals surface area contributed by atoms with Gasteiger partial charge in [-0.25, -0.2) is 0 Å². The topological polar surface area (TPSA) is 128 Å². The molecule has 0 aliphatic rings. The molecular formula is C26H50Cl6N6. The van der Waals surface area contributed by atoms with Crippen LogP contribution in [0.15, 0.2) is 48.5 Å². The minimum absolute atomic E-state index is 0. The van der Waals surface area contributed by atoms with E-state index in [0.29, 0.717) is 0 Å². The molecule has 2 aromatic carbocycles. The van der Waals surface area contributed by atoms with E-state index in [1.54, 1.807) is 0 Å². The lowest BCUT2D eigenvalue weighted by atomic mass is 9.93. The summed E-state index contributed by atoms with van der Waals surface area (Å²) in [7, 11) is 0. The first-order valence-corrected chi connectivity index (χ1v) is 12.1. The van der Waals surface area contributed by atoms with Crippen LogP contribution in [-0.4, -0.2) is 51.4 Å². The molecule has 0 spiro atoms. The van der Waals surface area contributed by atoms with Crippen LogP contribution in [0.1, 0.15) is 36.8 Å². The van der Waals surface area contributed by atoms with Crippen molar-refractivity contribution in [1.29, 1.82) is 0 Å². The Hall–Kier alpha value is -0.0600. The van der Waals surface area contributed by atoms with Crippen LogP contribution in [0.4, 0.5) is 0 Å². The molecule has 0 amide bonds. The van der Waals surface area contributed by atoms with Gasteiger partial charge in [0.15, 0.2) is 0 Å². The summed E-state index contributed by atoms with van der Waals surface area (Å²) < 4.78 is 0. The van der Waals surface area contributed by atoms with Crippen LogP contribution in [-0.2, 0) is 12.8 Å². The molecule has 226 valence electrons. The fraction of sp³-hybridized carbons (Fsp3) is 0.538. The lowest BCUT2D eigenvalue weighted by Crippen LogP contribution is -2.30. The van der Waals surface area contributed by atoms with Crippen molar-refractivity contribution in [3.8, 4) is 11.1 Å². The maximum absolute atomic E-state index is 6.46. The van der Waals surface area contributed by atoms with Crippen molar-refractivity contribution in [2.24, 2.45) is 22.9 Å². The van der Waals surface area contributed by atoms with E-state index in [-0.39, 0.29) is 86.5 Å². The van der Waals surface area contributed by atoms with Gasteiger partial charge in [-0.1, -0.05) is 48.5 Å². The van der Waals surface area contributed by atoms with Gasteiger partial charge in [0, 0.05) is 12.1 Å². The molecule has 38 heavy (non-hydrogen) atoms. The smallest absolute Gasteiger partial charge is 0.00914 e. The minimum atomic E-state index is 0. The number of nitrogens with two attached hydrogens (primary N) is 4. The average Bonchev–Trinajstić information content (AvgIpc) is 2.79. The van der Waals surface area contributed by atoms with Crippen molar-refractivity contribution in [3.63, 3.8) is 0 Å². The van der Waals surface area contributed by atoms with Gasteiger partial charge in [-0.2, -0.15) is 0 Å². The van der Waals surface area contributed by atoms with Crippen molar-refractivity contribution in [1.82, 2.24) is 10.6 Å². The van der Waals surface area contributed by atoms with Gasteiger partial charge in [0.2, 0.25) is 0 Å². The molecule has 0 bridgehead atoms. The lowest BCUT2D eigenvalue weighted by Gasteiger charge is -2.17. The Labute approximate surface area is 267 Å². The van der Waals surface area contributed by atoms with Gasteiger partial charge in [-0.15, -0.1) is 74.4 Å². The van der Waals surface area contributed by atoms with Crippen molar-refractivity contribution in [2.45, 2.75) is 50.6 Å².